The summed E-state index contributed by atoms with van der Waals surface area (Å²) in [5.41, 5.74) is 1.79. The Bertz CT molecular complexity index is 923. The molecule has 27 heavy (non-hydrogen) atoms. The molecule has 144 valence electrons. The van der Waals surface area contributed by atoms with Crippen LogP contribution in [0, 0.1) is 6.92 Å². The quantitative estimate of drug-likeness (QED) is 0.734. The van der Waals surface area contributed by atoms with Crippen LogP contribution in [0.3, 0.4) is 0 Å². The van der Waals surface area contributed by atoms with Crippen molar-refractivity contribution in [1.29, 1.82) is 0 Å². The number of nitrogens with one attached hydrogen (secondary N) is 1. The molecule has 2 aromatic carbocycles. The van der Waals surface area contributed by atoms with Gasteiger partial charge in [0, 0.05) is 12.8 Å². The lowest BCUT2D eigenvalue weighted by Crippen LogP contribution is -2.37. The second kappa shape index (κ2) is 8.81. The van der Waals surface area contributed by atoms with Crippen LogP contribution in [0.15, 0.2) is 53.4 Å². The zero-order valence-corrected chi connectivity index (χ0v) is 16.4. The maximum absolute atomic E-state index is 12.4. The molecule has 0 aliphatic heterocycles. The fraction of sp³-hybridized carbons (Fsp3) is 0.300. The second-order valence-corrected chi connectivity index (χ2v) is 8.34. The van der Waals surface area contributed by atoms with Crippen LogP contribution >= 0.6 is 0 Å². The molecule has 0 heterocycles. The van der Waals surface area contributed by atoms with E-state index in [9.17, 15) is 18.0 Å². The summed E-state index contributed by atoms with van der Waals surface area (Å²) in [6.45, 7) is 3.58. The Morgan fingerprint density at radius 2 is 1.78 bits per heavy atom. The normalized spacial score (nSPS) is 12.3. The van der Waals surface area contributed by atoms with Crippen LogP contribution < -0.4 is 5.32 Å². The first-order valence-corrected chi connectivity index (χ1v) is 10.4. The third kappa shape index (κ3) is 5.92. The largest absolute Gasteiger partial charge is 0.449 e. The zero-order chi connectivity index (χ0) is 20.0. The van der Waals surface area contributed by atoms with Crippen molar-refractivity contribution in [3.8, 4) is 0 Å². The first-order valence-electron chi connectivity index (χ1n) is 8.52. The van der Waals surface area contributed by atoms with Gasteiger partial charge in [-0.2, -0.15) is 0 Å². The number of hydrogen-bond acceptors (Lipinski definition) is 5. The lowest BCUT2D eigenvalue weighted by Gasteiger charge is -2.15. The second-order valence-electron chi connectivity index (χ2n) is 6.32. The molecular formula is C20H23NO5S. The Morgan fingerprint density at radius 3 is 2.41 bits per heavy atom. The summed E-state index contributed by atoms with van der Waals surface area (Å²) in [5, 5.41) is 2.73. The number of hydrogen-bond donors (Lipinski definition) is 1. The van der Waals surface area contributed by atoms with Crippen molar-refractivity contribution >= 4 is 21.7 Å². The molecule has 0 aromatic heterocycles. The van der Waals surface area contributed by atoms with E-state index in [1.165, 1.54) is 25.1 Å². The van der Waals surface area contributed by atoms with Crippen LogP contribution in [-0.4, -0.2) is 39.2 Å². The molecule has 0 radical (unpaired) electrons. The van der Waals surface area contributed by atoms with E-state index in [2.05, 4.69) is 5.32 Å². The number of benzene rings is 2. The van der Waals surface area contributed by atoms with Gasteiger partial charge in [0.15, 0.2) is 15.9 Å². The molecule has 2 aromatic rings. The summed E-state index contributed by atoms with van der Waals surface area (Å²) in [5.74, 6) is -1.14. The Labute approximate surface area is 159 Å². The van der Waals surface area contributed by atoms with Gasteiger partial charge < -0.3 is 10.1 Å². The minimum atomic E-state index is -3.45. The van der Waals surface area contributed by atoms with E-state index >= 15 is 0 Å². The highest BCUT2D eigenvalue weighted by molar-refractivity contribution is 7.90. The van der Waals surface area contributed by atoms with Gasteiger partial charge in [0.2, 0.25) is 0 Å². The molecule has 0 aliphatic carbocycles. The van der Waals surface area contributed by atoms with Crippen molar-refractivity contribution in [2.75, 3.05) is 12.8 Å². The molecule has 1 N–H and O–H groups in total. The molecule has 2 rings (SSSR count). The predicted molar refractivity (Wildman–Crippen MR) is 102 cm³/mol. The van der Waals surface area contributed by atoms with Crippen molar-refractivity contribution < 1.29 is 22.7 Å². The fourth-order valence-corrected chi connectivity index (χ4v) is 3.09. The topological polar surface area (TPSA) is 89.5 Å². The van der Waals surface area contributed by atoms with Crippen molar-refractivity contribution in [2.24, 2.45) is 0 Å². The lowest BCUT2D eigenvalue weighted by atomic mass is 10.1. The van der Waals surface area contributed by atoms with Crippen LogP contribution in [-0.2, 0) is 25.8 Å². The molecule has 0 bridgehead atoms. The number of amides is 1. The monoisotopic (exact) mass is 389 g/mol. The molecule has 7 heteroatoms. The van der Waals surface area contributed by atoms with E-state index in [0.717, 1.165) is 11.8 Å². The Hall–Kier alpha value is -2.67. The number of carbonyl (C=O) groups excluding carboxylic acids is 2. The van der Waals surface area contributed by atoms with Crippen molar-refractivity contribution in [3.05, 3.63) is 65.2 Å². The van der Waals surface area contributed by atoms with Gasteiger partial charge >= 0.3 is 5.97 Å². The van der Waals surface area contributed by atoms with Crippen LogP contribution in [0.1, 0.15) is 28.4 Å². The summed E-state index contributed by atoms with van der Waals surface area (Å²) >= 11 is 0. The molecular weight excluding hydrogens is 366 g/mol. The highest BCUT2D eigenvalue weighted by Crippen LogP contribution is 2.17. The predicted octanol–water partition coefficient (Wildman–Crippen LogP) is 2.30. The average Bonchev–Trinajstić information content (AvgIpc) is 2.61. The maximum Gasteiger partial charge on any atom is 0.339 e. The van der Waals surface area contributed by atoms with E-state index in [1.54, 1.807) is 6.92 Å². The first kappa shape index (κ1) is 20.6. The fourth-order valence-electron chi connectivity index (χ4n) is 2.45. The average molecular weight is 389 g/mol. The van der Waals surface area contributed by atoms with Gasteiger partial charge in [0.1, 0.15) is 0 Å². The zero-order valence-electron chi connectivity index (χ0n) is 15.6. The Kier molecular flexibility index (Phi) is 6.74. The number of ether oxygens (including phenoxy) is 1. The van der Waals surface area contributed by atoms with Crippen LogP contribution in [0.2, 0.25) is 0 Å². The molecule has 0 saturated heterocycles. The minimum Gasteiger partial charge on any atom is -0.449 e. The molecule has 0 unspecified atom stereocenters. The molecule has 0 spiro atoms. The number of sulfone groups is 1. The first-order chi connectivity index (χ1) is 12.7. The standard InChI is InChI=1S/C20H23NO5S/c1-14-9-10-17(27(3,24)25)13-18(14)20(23)26-15(2)19(22)21-12-11-16-7-5-4-6-8-16/h4-10,13,15H,11-12H2,1-3H3,(H,21,22)/t15-/m0/s1. The molecule has 0 aliphatic rings. The SMILES string of the molecule is Cc1ccc(S(C)(=O)=O)cc1C(=O)O[C@@H](C)C(=O)NCCc1ccccc1. The van der Waals surface area contributed by atoms with Crippen molar-refractivity contribution in [1.82, 2.24) is 5.32 Å². The summed E-state index contributed by atoms with van der Waals surface area (Å²) in [6.07, 6.45) is 0.743. The Balaban J connectivity index is 1.95. The lowest BCUT2D eigenvalue weighted by molar-refractivity contribution is -0.129. The minimum absolute atomic E-state index is 0.0278. The maximum atomic E-state index is 12.4. The number of aryl methyl sites for hydroxylation is 1. The van der Waals surface area contributed by atoms with Crippen LogP contribution in [0.4, 0.5) is 0 Å². The number of rotatable bonds is 7. The van der Waals surface area contributed by atoms with Crippen LogP contribution in [0.5, 0.6) is 0 Å². The molecule has 0 fully saturated rings. The molecule has 0 saturated carbocycles. The molecule has 1 amide bonds. The van der Waals surface area contributed by atoms with Crippen molar-refractivity contribution in [2.45, 2.75) is 31.3 Å². The van der Waals surface area contributed by atoms with Crippen molar-refractivity contribution in [3.63, 3.8) is 0 Å². The third-order valence-corrected chi connectivity index (χ3v) is 5.18. The van der Waals surface area contributed by atoms with Gasteiger partial charge in [-0.05, 0) is 43.5 Å². The van der Waals surface area contributed by atoms with E-state index in [0.29, 0.717) is 18.5 Å². The van der Waals surface area contributed by atoms with Gasteiger partial charge in [-0.1, -0.05) is 36.4 Å². The van der Waals surface area contributed by atoms with Gasteiger partial charge in [-0.3, -0.25) is 4.79 Å². The summed E-state index contributed by atoms with van der Waals surface area (Å²) < 4.78 is 28.5. The highest BCUT2D eigenvalue weighted by Gasteiger charge is 2.21. The van der Waals surface area contributed by atoms with E-state index < -0.39 is 27.8 Å². The van der Waals surface area contributed by atoms with Crippen LogP contribution in [0.25, 0.3) is 0 Å². The third-order valence-electron chi connectivity index (χ3n) is 4.07. The molecule has 1 atom stereocenters. The van der Waals surface area contributed by atoms with E-state index in [4.69, 9.17) is 4.74 Å². The van der Waals surface area contributed by atoms with E-state index in [-0.39, 0.29) is 10.5 Å². The van der Waals surface area contributed by atoms with E-state index in [1.807, 2.05) is 30.3 Å². The van der Waals surface area contributed by atoms with Gasteiger partial charge in [0.25, 0.3) is 5.91 Å². The molecule has 6 nitrogen and oxygen atoms in total. The highest BCUT2D eigenvalue weighted by atomic mass is 32.2. The smallest absolute Gasteiger partial charge is 0.339 e. The Morgan fingerprint density at radius 1 is 1.11 bits per heavy atom. The van der Waals surface area contributed by atoms with Gasteiger partial charge in [-0.25, -0.2) is 13.2 Å². The summed E-state index contributed by atoms with van der Waals surface area (Å²) in [7, 11) is -3.45. The summed E-state index contributed by atoms with van der Waals surface area (Å²) in [4.78, 5) is 24.5. The number of carbonyl (C=O) groups is 2. The van der Waals surface area contributed by atoms with Gasteiger partial charge in [-0.15, -0.1) is 0 Å². The number of esters is 1. The van der Waals surface area contributed by atoms with Gasteiger partial charge in [0.05, 0.1) is 10.5 Å². The summed E-state index contributed by atoms with van der Waals surface area (Å²) in [6, 6.07) is 13.9.